The van der Waals surface area contributed by atoms with Crippen LogP contribution in [0.2, 0.25) is 18.1 Å². The van der Waals surface area contributed by atoms with Crippen molar-refractivity contribution < 1.29 is 4.74 Å². The van der Waals surface area contributed by atoms with Gasteiger partial charge in [0.1, 0.15) is 12.4 Å². The number of ether oxygens (including phenoxy) is 1. The van der Waals surface area contributed by atoms with Crippen molar-refractivity contribution in [2.24, 2.45) is 0 Å². The predicted molar refractivity (Wildman–Crippen MR) is 123 cm³/mol. The molecule has 0 fully saturated rings. The molecule has 1 aliphatic rings. The van der Waals surface area contributed by atoms with Gasteiger partial charge in [-0.05, 0) is 49.4 Å². The highest BCUT2D eigenvalue weighted by Gasteiger charge is 2.48. The lowest BCUT2D eigenvalue weighted by Gasteiger charge is -2.42. The summed E-state index contributed by atoms with van der Waals surface area (Å²) in [6, 6.07) is 4.69. The van der Waals surface area contributed by atoms with Crippen molar-refractivity contribution in [2.45, 2.75) is 78.9 Å². The van der Waals surface area contributed by atoms with Crippen molar-refractivity contribution in [3.05, 3.63) is 58.7 Å². The van der Waals surface area contributed by atoms with Gasteiger partial charge in [-0.2, -0.15) is 0 Å². The van der Waals surface area contributed by atoms with E-state index in [0.717, 1.165) is 5.75 Å². The quantitative estimate of drug-likeness (QED) is 0.400. The lowest BCUT2D eigenvalue weighted by Crippen LogP contribution is -2.52. The Morgan fingerprint density at radius 3 is 2.15 bits per heavy atom. The Morgan fingerprint density at radius 2 is 1.70 bits per heavy atom. The number of rotatable bonds is 5. The third kappa shape index (κ3) is 3.61. The molecule has 0 saturated heterocycles. The van der Waals surface area contributed by atoms with Crippen molar-refractivity contribution in [1.29, 1.82) is 0 Å². The van der Waals surface area contributed by atoms with Crippen LogP contribution >= 0.6 is 0 Å². The number of allylic oxidation sites excluding steroid dienone is 4. The zero-order valence-electron chi connectivity index (χ0n) is 19.1. The van der Waals surface area contributed by atoms with Gasteiger partial charge in [-0.25, -0.2) is 0 Å². The summed E-state index contributed by atoms with van der Waals surface area (Å²) in [6.07, 6.45) is 4.36. The summed E-state index contributed by atoms with van der Waals surface area (Å²) in [5.74, 6) is 1.09. The molecule has 148 valence electrons. The standard InChI is InChI=1S/C25H38OSi/c1-12-13-26-23-21(24(6,7)8)14-17(2)15-22(23)27(10,11)25(9)16-18(3)19(4)20(25)5/h12,14-16H,1,13H2,2-11H3. The summed E-state index contributed by atoms with van der Waals surface area (Å²) in [4.78, 5) is 0. The summed E-state index contributed by atoms with van der Waals surface area (Å²) < 4.78 is 6.36. The number of aryl methyl sites for hydroxylation is 1. The monoisotopic (exact) mass is 382 g/mol. The smallest absolute Gasteiger partial charge is 0.122 e. The molecule has 27 heavy (non-hydrogen) atoms. The molecule has 0 spiro atoms. The SMILES string of the molecule is C=CCOc1c(C(C)(C)C)cc(C)cc1[Si](C)(C)C1(C)C=C(C)C(C)=C1C. The van der Waals surface area contributed by atoms with E-state index in [9.17, 15) is 0 Å². The van der Waals surface area contributed by atoms with Gasteiger partial charge in [0.05, 0.1) is 8.07 Å². The van der Waals surface area contributed by atoms with E-state index >= 15 is 0 Å². The van der Waals surface area contributed by atoms with E-state index in [4.69, 9.17) is 4.74 Å². The van der Waals surface area contributed by atoms with Crippen LogP contribution in [0.5, 0.6) is 5.75 Å². The zero-order valence-corrected chi connectivity index (χ0v) is 20.1. The molecule has 1 aromatic rings. The molecule has 0 bridgehead atoms. The van der Waals surface area contributed by atoms with Crippen LogP contribution in [0.3, 0.4) is 0 Å². The van der Waals surface area contributed by atoms with Crippen LogP contribution in [0.25, 0.3) is 0 Å². The van der Waals surface area contributed by atoms with E-state index in [1.54, 1.807) is 0 Å². The maximum atomic E-state index is 6.36. The highest BCUT2D eigenvalue weighted by atomic mass is 28.3. The molecule has 2 rings (SSSR count). The van der Waals surface area contributed by atoms with Crippen molar-refractivity contribution in [2.75, 3.05) is 6.61 Å². The molecule has 0 saturated carbocycles. The highest BCUT2D eigenvalue weighted by molar-refractivity contribution is 6.94. The number of benzene rings is 1. The Kier molecular flexibility index (Phi) is 5.74. The van der Waals surface area contributed by atoms with Gasteiger partial charge in [0.25, 0.3) is 0 Å². The van der Waals surface area contributed by atoms with E-state index in [2.05, 4.69) is 93.3 Å². The van der Waals surface area contributed by atoms with Gasteiger partial charge in [0.15, 0.2) is 0 Å². The van der Waals surface area contributed by atoms with Gasteiger partial charge in [0.2, 0.25) is 0 Å². The molecule has 1 aliphatic carbocycles. The molecule has 0 amide bonds. The van der Waals surface area contributed by atoms with E-state index in [1.165, 1.54) is 33.0 Å². The zero-order chi connectivity index (χ0) is 20.8. The van der Waals surface area contributed by atoms with E-state index in [0.29, 0.717) is 6.61 Å². The van der Waals surface area contributed by atoms with Crippen LogP contribution in [-0.4, -0.2) is 14.7 Å². The second-order valence-electron chi connectivity index (χ2n) is 9.94. The van der Waals surface area contributed by atoms with Crippen LogP contribution in [0.15, 0.2) is 47.6 Å². The third-order valence-electron chi connectivity index (χ3n) is 6.80. The van der Waals surface area contributed by atoms with Gasteiger partial charge in [0, 0.05) is 5.04 Å². The Morgan fingerprint density at radius 1 is 1.11 bits per heavy atom. The first kappa shape index (κ1) is 21.8. The molecule has 0 aliphatic heterocycles. The summed E-state index contributed by atoms with van der Waals surface area (Å²) in [6.45, 7) is 27.7. The molecule has 0 aromatic heterocycles. The molecular formula is C25H38OSi. The lowest BCUT2D eigenvalue weighted by molar-refractivity contribution is 0.353. The van der Waals surface area contributed by atoms with Crippen molar-refractivity contribution in [3.63, 3.8) is 0 Å². The Labute approximate surface area is 168 Å². The summed E-state index contributed by atoms with van der Waals surface area (Å²) >= 11 is 0. The van der Waals surface area contributed by atoms with Crippen LogP contribution in [0.1, 0.15) is 59.6 Å². The fourth-order valence-corrected chi connectivity index (χ4v) is 7.98. The lowest BCUT2D eigenvalue weighted by atomic mass is 9.85. The van der Waals surface area contributed by atoms with Crippen LogP contribution in [-0.2, 0) is 5.41 Å². The molecule has 1 atom stereocenters. The fraction of sp³-hybridized carbons (Fsp3) is 0.520. The predicted octanol–water partition coefficient (Wildman–Crippen LogP) is 6.83. The molecule has 0 heterocycles. The molecular weight excluding hydrogens is 344 g/mol. The first-order valence-electron chi connectivity index (χ1n) is 10.0. The Hall–Kier alpha value is -1.54. The van der Waals surface area contributed by atoms with E-state index in [1.807, 2.05) is 6.08 Å². The summed E-state index contributed by atoms with van der Waals surface area (Å²) in [5.41, 5.74) is 7.06. The largest absolute Gasteiger partial charge is 0.489 e. The van der Waals surface area contributed by atoms with Gasteiger partial charge in [-0.1, -0.05) is 88.4 Å². The maximum absolute atomic E-state index is 6.36. The molecule has 1 unspecified atom stereocenters. The third-order valence-corrected chi connectivity index (χ3v) is 11.6. The minimum Gasteiger partial charge on any atom is -0.489 e. The minimum atomic E-state index is -1.95. The number of hydrogen-bond donors (Lipinski definition) is 0. The topological polar surface area (TPSA) is 9.23 Å². The average Bonchev–Trinajstić information content (AvgIpc) is 2.76. The van der Waals surface area contributed by atoms with E-state index < -0.39 is 8.07 Å². The maximum Gasteiger partial charge on any atom is 0.122 e. The molecule has 0 N–H and O–H groups in total. The van der Waals surface area contributed by atoms with Crippen molar-refractivity contribution >= 4 is 13.3 Å². The fourth-order valence-electron chi connectivity index (χ4n) is 4.36. The first-order valence-corrected chi connectivity index (χ1v) is 13.0. The second-order valence-corrected chi connectivity index (χ2v) is 14.8. The van der Waals surface area contributed by atoms with Crippen LogP contribution < -0.4 is 9.92 Å². The molecule has 0 radical (unpaired) electrons. The summed E-state index contributed by atoms with van der Waals surface area (Å²) in [5, 5.41) is 1.52. The summed E-state index contributed by atoms with van der Waals surface area (Å²) in [7, 11) is -1.95. The average molecular weight is 383 g/mol. The number of hydrogen-bond acceptors (Lipinski definition) is 1. The van der Waals surface area contributed by atoms with Crippen molar-refractivity contribution in [3.8, 4) is 5.75 Å². The van der Waals surface area contributed by atoms with Crippen LogP contribution in [0.4, 0.5) is 0 Å². The highest BCUT2D eigenvalue weighted by Crippen LogP contribution is 2.53. The van der Waals surface area contributed by atoms with Gasteiger partial charge in [-0.3, -0.25) is 0 Å². The van der Waals surface area contributed by atoms with Gasteiger partial charge in [-0.15, -0.1) is 0 Å². The Balaban J connectivity index is 2.80. The minimum absolute atomic E-state index is 0.0326. The van der Waals surface area contributed by atoms with Gasteiger partial charge < -0.3 is 4.74 Å². The Bertz CT molecular complexity index is 817. The normalized spacial score (nSPS) is 20.7. The van der Waals surface area contributed by atoms with Crippen molar-refractivity contribution in [1.82, 2.24) is 0 Å². The molecule has 1 nitrogen and oxygen atoms in total. The van der Waals surface area contributed by atoms with Crippen LogP contribution in [0, 0.1) is 6.92 Å². The molecule has 2 heteroatoms. The first-order chi connectivity index (χ1) is 12.3. The molecule has 1 aromatic carbocycles. The van der Waals surface area contributed by atoms with Gasteiger partial charge >= 0.3 is 0 Å². The second kappa shape index (κ2) is 7.13. The van der Waals surface area contributed by atoms with E-state index in [-0.39, 0.29) is 10.5 Å².